The number of halogens is 1. The Balaban J connectivity index is 1.88. The zero-order chi connectivity index (χ0) is 16.4. The van der Waals surface area contributed by atoms with Crippen molar-refractivity contribution in [2.45, 2.75) is 38.8 Å². The highest BCUT2D eigenvalue weighted by Gasteiger charge is 2.29. The number of para-hydroxylation sites is 1. The van der Waals surface area contributed by atoms with Crippen molar-refractivity contribution in [3.63, 3.8) is 0 Å². The van der Waals surface area contributed by atoms with Crippen LogP contribution in [0.5, 0.6) is 5.75 Å². The topological polar surface area (TPSA) is 30.3 Å². The fourth-order valence-electron chi connectivity index (χ4n) is 3.55. The Kier molecular flexibility index (Phi) is 4.93. The van der Waals surface area contributed by atoms with Crippen molar-refractivity contribution in [1.29, 1.82) is 0 Å². The van der Waals surface area contributed by atoms with E-state index in [0.717, 1.165) is 42.5 Å². The van der Waals surface area contributed by atoms with Gasteiger partial charge in [-0.1, -0.05) is 36.7 Å². The molecule has 1 unspecified atom stereocenters. The lowest BCUT2D eigenvalue weighted by atomic mass is 10.0. The number of ether oxygens (including phenoxy) is 1. The van der Waals surface area contributed by atoms with Gasteiger partial charge in [0.1, 0.15) is 10.9 Å². The van der Waals surface area contributed by atoms with Crippen LogP contribution in [0.25, 0.3) is 0 Å². The molecular weight excluding hydrogens is 310 g/mol. The Morgan fingerprint density at radius 2 is 2.13 bits per heavy atom. The van der Waals surface area contributed by atoms with Crippen LogP contribution >= 0.6 is 11.6 Å². The lowest BCUT2D eigenvalue weighted by molar-refractivity contribution is 0.242. The summed E-state index contributed by atoms with van der Waals surface area (Å²) in [4.78, 5) is 2.50. The van der Waals surface area contributed by atoms with Gasteiger partial charge in [-0.15, -0.1) is 0 Å². The molecule has 2 aromatic rings. The van der Waals surface area contributed by atoms with Crippen molar-refractivity contribution < 1.29 is 4.74 Å². The van der Waals surface area contributed by atoms with Crippen molar-refractivity contribution in [2.24, 2.45) is 7.05 Å². The van der Waals surface area contributed by atoms with Gasteiger partial charge in [-0.25, -0.2) is 0 Å². The normalized spacial score (nSPS) is 18.5. The summed E-state index contributed by atoms with van der Waals surface area (Å²) in [5.41, 5.74) is 3.53. The van der Waals surface area contributed by atoms with Crippen LogP contribution in [0.15, 0.2) is 24.3 Å². The summed E-state index contributed by atoms with van der Waals surface area (Å²) in [7, 11) is 3.65. The van der Waals surface area contributed by atoms with Crippen molar-refractivity contribution in [2.75, 3.05) is 13.7 Å². The second-order valence-electron chi connectivity index (χ2n) is 6.06. The number of benzene rings is 1. The summed E-state index contributed by atoms with van der Waals surface area (Å²) >= 11 is 6.47. The molecule has 0 amide bonds. The largest absolute Gasteiger partial charge is 0.496 e. The van der Waals surface area contributed by atoms with Gasteiger partial charge in [0, 0.05) is 30.8 Å². The quantitative estimate of drug-likeness (QED) is 0.829. The summed E-state index contributed by atoms with van der Waals surface area (Å²) in [6, 6.07) is 8.71. The third-order valence-corrected chi connectivity index (χ3v) is 5.18. The molecule has 0 N–H and O–H groups in total. The van der Waals surface area contributed by atoms with Gasteiger partial charge in [-0.3, -0.25) is 9.58 Å². The SMILES string of the molecule is CCc1nn(C)c(Cl)c1CN1CCCC1c1ccccc1OC. The second kappa shape index (κ2) is 6.93. The lowest BCUT2D eigenvalue weighted by Crippen LogP contribution is -2.23. The molecule has 1 aromatic heterocycles. The average Bonchev–Trinajstić information content (AvgIpc) is 3.14. The molecule has 2 heterocycles. The Morgan fingerprint density at radius 3 is 2.87 bits per heavy atom. The highest BCUT2D eigenvalue weighted by molar-refractivity contribution is 6.30. The van der Waals surface area contributed by atoms with Gasteiger partial charge >= 0.3 is 0 Å². The van der Waals surface area contributed by atoms with E-state index >= 15 is 0 Å². The number of nitrogens with zero attached hydrogens (tertiary/aromatic N) is 3. The van der Waals surface area contributed by atoms with Crippen LogP contribution in [0.4, 0.5) is 0 Å². The molecule has 1 aliphatic rings. The molecule has 1 saturated heterocycles. The molecule has 0 spiro atoms. The number of methoxy groups -OCH3 is 1. The van der Waals surface area contributed by atoms with Crippen molar-refractivity contribution in [3.05, 3.63) is 46.2 Å². The molecule has 4 nitrogen and oxygen atoms in total. The summed E-state index contributed by atoms with van der Waals surface area (Å²) in [5.74, 6) is 0.970. The van der Waals surface area contributed by atoms with Gasteiger partial charge in [0.05, 0.1) is 12.8 Å². The van der Waals surface area contributed by atoms with E-state index in [9.17, 15) is 0 Å². The molecule has 1 aromatic carbocycles. The summed E-state index contributed by atoms with van der Waals surface area (Å²) < 4.78 is 7.34. The zero-order valence-corrected chi connectivity index (χ0v) is 14.8. The van der Waals surface area contributed by atoms with Crippen molar-refractivity contribution in [1.82, 2.24) is 14.7 Å². The molecule has 124 valence electrons. The van der Waals surface area contributed by atoms with E-state index in [2.05, 4.69) is 29.1 Å². The maximum absolute atomic E-state index is 6.47. The van der Waals surface area contributed by atoms with Gasteiger partial charge in [0.25, 0.3) is 0 Å². The fourth-order valence-corrected chi connectivity index (χ4v) is 3.76. The lowest BCUT2D eigenvalue weighted by Gasteiger charge is -2.26. The first-order chi connectivity index (χ1) is 11.2. The predicted octanol–water partition coefficient (Wildman–Crippen LogP) is 3.98. The van der Waals surface area contributed by atoms with Crippen molar-refractivity contribution in [3.8, 4) is 5.75 Å². The molecule has 0 aliphatic carbocycles. The molecule has 0 radical (unpaired) electrons. The molecule has 3 rings (SSSR count). The Hall–Kier alpha value is -1.52. The van der Waals surface area contributed by atoms with Gasteiger partial charge in [-0.05, 0) is 31.9 Å². The zero-order valence-electron chi connectivity index (χ0n) is 14.1. The van der Waals surface area contributed by atoms with E-state index in [1.807, 2.05) is 19.2 Å². The maximum Gasteiger partial charge on any atom is 0.131 e. The third kappa shape index (κ3) is 3.10. The molecular formula is C18H24ClN3O. The number of aryl methyl sites for hydroxylation is 2. The standard InChI is InChI=1S/C18H24ClN3O/c1-4-15-14(18(19)21(2)20-15)12-22-11-7-9-16(22)13-8-5-6-10-17(13)23-3/h5-6,8,10,16H,4,7,9,11-12H2,1-3H3. The van der Waals surface area contributed by atoms with E-state index in [1.165, 1.54) is 17.5 Å². The van der Waals surface area contributed by atoms with Crippen LogP contribution < -0.4 is 4.74 Å². The second-order valence-corrected chi connectivity index (χ2v) is 6.42. The van der Waals surface area contributed by atoms with Crippen LogP contribution in [0.2, 0.25) is 5.15 Å². The molecule has 0 saturated carbocycles. The smallest absolute Gasteiger partial charge is 0.131 e. The summed E-state index contributed by atoms with van der Waals surface area (Å²) in [6.45, 7) is 4.06. The van der Waals surface area contributed by atoms with Crippen LogP contribution in [0.3, 0.4) is 0 Å². The Bertz CT molecular complexity index is 683. The molecule has 23 heavy (non-hydrogen) atoms. The number of aromatic nitrogens is 2. The third-order valence-electron chi connectivity index (χ3n) is 4.71. The summed E-state index contributed by atoms with van der Waals surface area (Å²) in [5, 5.41) is 5.29. The molecule has 1 atom stereocenters. The molecule has 1 aliphatic heterocycles. The van der Waals surface area contributed by atoms with Crippen LogP contribution in [-0.2, 0) is 20.0 Å². The van der Waals surface area contributed by atoms with Gasteiger partial charge in [0.2, 0.25) is 0 Å². The van der Waals surface area contributed by atoms with Gasteiger partial charge < -0.3 is 4.74 Å². The number of hydrogen-bond donors (Lipinski definition) is 0. The monoisotopic (exact) mass is 333 g/mol. The Morgan fingerprint density at radius 1 is 1.35 bits per heavy atom. The first-order valence-electron chi connectivity index (χ1n) is 8.22. The molecule has 5 heteroatoms. The molecule has 0 bridgehead atoms. The number of rotatable bonds is 5. The van der Waals surface area contributed by atoms with E-state index in [4.69, 9.17) is 16.3 Å². The Labute approximate surface area is 143 Å². The van der Waals surface area contributed by atoms with Crippen LogP contribution in [0.1, 0.15) is 42.6 Å². The highest BCUT2D eigenvalue weighted by Crippen LogP contribution is 2.38. The van der Waals surface area contributed by atoms with E-state index in [1.54, 1.807) is 11.8 Å². The van der Waals surface area contributed by atoms with E-state index in [-0.39, 0.29) is 0 Å². The molecule has 1 fully saturated rings. The average molecular weight is 334 g/mol. The minimum absolute atomic E-state index is 0.382. The number of hydrogen-bond acceptors (Lipinski definition) is 3. The maximum atomic E-state index is 6.47. The minimum atomic E-state index is 0.382. The first-order valence-corrected chi connectivity index (χ1v) is 8.60. The van der Waals surface area contributed by atoms with Crippen molar-refractivity contribution >= 4 is 11.6 Å². The predicted molar refractivity (Wildman–Crippen MR) is 93.0 cm³/mol. The minimum Gasteiger partial charge on any atom is -0.496 e. The highest BCUT2D eigenvalue weighted by atomic mass is 35.5. The fraction of sp³-hybridized carbons (Fsp3) is 0.500. The van der Waals surface area contributed by atoms with E-state index < -0.39 is 0 Å². The van der Waals surface area contributed by atoms with Crippen LogP contribution in [0, 0.1) is 0 Å². The van der Waals surface area contributed by atoms with Crippen LogP contribution in [-0.4, -0.2) is 28.3 Å². The first kappa shape index (κ1) is 16.3. The number of likely N-dealkylation sites (tertiary alicyclic amines) is 1. The summed E-state index contributed by atoms with van der Waals surface area (Å²) in [6.07, 6.45) is 3.25. The van der Waals surface area contributed by atoms with Gasteiger partial charge in [0.15, 0.2) is 0 Å². The van der Waals surface area contributed by atoms with Gasteiger partial charge in [-0.2, -0.15) is 5.10 Å². The van der Waals surface area contributed by atoms with E-state index in [0.29, 0.717) is 6.04 Å².